The number of nitrogens with two attached hydrogens (primary N) is 1. The number of piperidine rings is 1. The topological polar surface area (TPSA) is 86.9 Å². The first kappa shape index (κ1) is 27.9. The summed E-state index contributed by atoms with van der Waals surface area (Å²) < 4.78 is 29.1. The molecule has 5 rings (SSSR count). The molecule has 6 nitrogen and oxygen atoms in total. The average Bonchev–Trinajstić information content (AvgIpc) is 3.18. The number of nitrogens with zero attached hydrogens (tertiary/aromatic N) is 2. The number of hydrogen-bond donors (Lipinski definition) is 2. The van der Waals surface area contributed by atoms with Crippen molar-refractivity contribution in [2.45, 2.75) is 62.8 Å². The van der Waals surface area contributed by atoms with E-state index in [1.165, 1.54) is 23.1 Å². The highest BCUT2D eigenvalue weighted by atomic mass is 19.1. The standard InChI is InChI=1S/C32H35F2N3O3/c33-28-10-5-11-29(34)27(28)20-36(32(40)30(38)16-21-6-2-1-3-7-21)14-15-37-25-12-13-26(37)19-24(18-25)22-8-4-9-23(17-22)31(35)39/h1-11,17,24-26,30,38H,12-16,18-20H2,(H2,35,39)/t24?,25?,26?,30-/m0/s1. The summed E-state index contributed by atoms with van der Waals surface area (Å²) in [6.45, 7) is 0.533. The molecule has 2 aliphatic rings. The lowest BCUT2D eigenvalue weighted by Gasteiger charge is -2.40. The number of hydrogen-bond acceptors (Lipinski definition) is 4. The largest absolute Gasteiger partial charge is 0.383 e. The van der Waals surface area contributed by atoms with Gasteiger partial charge in [0.2, 0.25) is 5.91 Å². The van der Waals surface area contributed by atoms with Gasteiger partial charge in [-0.3, -0.25) is 14.5 Å². The average molecular weight is 548 g/mol. The van der Waals surface area contributed by atoms with E-state index in [9.17, 15) is 23.5 Å². The Morgan fingerprint density at radius 2 is 1.60 bits per heavy atom. The molecule has 2 amide bonds. The van der Waals surface area contributed by atoms with E-state index in [2.05, 4.69) is 4.90 Å². The molecule has 2 unspecified atom stereocenters. The van der Waals surface area contributed by atoms with Crippen molar-refractivity contribution >= 4 is 11.8 Å². The summed E-state index contributed by atoms with van der Waals surface area (Å²) >= 11 is 0. The lowest BCUT2D eigenvalue weighted by molar-refractivity contribution is -0.141. The summed E-state index contributed by atoms with van der Waals surface area (Å²) in [6, 6.07) is 21.0. The van der Waals surface area contributed by atoms with E-state index in [0.717, 1.165) is 36.8 Å². The third kappa shape index (κ3) is 6.24. The van der Waals surface area contributed by atoms with Crippen molar-refractivity contribution in [2.75, 3.05) is 13.1 Å². The fraction of sp³-hybridized carbons (Fsp3) is 0.375. The molecular weight excluding hydrogens is 512 g/mol. The Morgan fingerprint density at radius 1 is 0.950 bits per heavy atom. The molecule has 210 valence electrons. The van der Waals surface area contributed by atoms with Crippen molar-refractivity contribution in [2.24, 2.45) is 5.73 Å². The first-order valence-corrected chi connectivity index (χ1v) is 13.9. The van der Waals surface area contributed by atoms with Crippen LogP contribution in [-0.2, 0) is 17.8 Å². The second-order valence-electron chi connectivity index (χ2n) is 10.9. The summed E-state index contributed by atoms with van der Waals surface area (Å²) in [5.41, 5.74) is 7.74. The van der Waals surface area contributed by atoms with Crippen molar-refractivity contribution < 1.29 is 23.5 Å². The molecule has 40 heavy (non-hydrogen) atoms. The Labute approximate surface area is 233 Å². The van der Waals surface area contributed by atoms with Crippen LogP contribution in [-0.4, -0.2) is 58.0 Å². The van der Waals surface area contributed by atoms with Gasteiger partial charge in [-0.1, -0.05) is 48.5 Å². The van der Waals surface area contributed by atoms with Gasteiger partial charge in [0.15, 0.2) is 0 Å². The number of rotatable bonds is 10. The van der Waals surface area contributed by atoms with Crippen LogP contribution in [0, 0.1) is 11.6 Å². The van der Waals surface area contributed by atoms with Crippen LogP contribution in [0.3, 0.4) is 0 Å². The van der Waals surface area contributed by atoms with Crippen molar-refractivity contribution in [1.29, 1.82) is 0 Å². The second-order valence-corrected chi connectivity index (χ2v) is 10.9. The van der Waals surface area contributed by atoms with Crippen LogP contribution in [0.5, 0.6) is 0 Å². The quantitative estimate of drug-likeness (QED) is 0.394. The molecule has 0 radical (unpaired) electrons. The maximum absolute atomic E-state index is 14.6. The van der Waals surface area contributed by atoms with Crippen molar-refractivity contribution in [3.05, 3.63) is 107 Å². The number of amides is 2. The first-order chi connectivity index (χ1) is 19.3. The van der Waals surface area contributed by atoms with E-state index in [0.29, 0.717) is 30.1 Å². The summed E-state index contributed by atoms with van der Waals surface area (Å²) in [6.07, 6.45) is 2.71. The van der Waals surface area contributed by atoms with Gasteiger partial charge in [0, 0.05) is 42.7 Å². The van der Waals surface area contributed by atoms with Gasteiger partial charge in [0.1, 0.15) is 17.7 Å². The zero-order chi connectivity index (χ0) is 28.2. The number of aliphatic hydroxyl groups is 1. The molecule has 3 atom stereocenters. The maximum atomic E-state index is 14.6. The van der Waals surface area contributed by atoms with E-state index in [1.807, 2.05) is 48.5 Å². The molecule has 2 saturated heterocycles. The minimum atomic E-state index is -1.32. The smallest absolute Gasteiger partial charge is 0.252 e. The number of primary amides is 1. The van der Waals surface area contributed by atoms with Gasteiger partial charge in [-0.2, -0.15) is 0 Å². The van der Waals surface area contributed by atoms with Crippen LogP contribution in [0.1, 0.15) is 58.6 Å². The lowest BCUT2D eigenvalue weighted by atomic mass is 9.84. The fourth-order valence-electron chi connectivity index (χ4n) is 6.37. The zero-order valence-electron chi connectivity index (χ0n) is 22.4. The van der Waals surface area contributed by atoms with Crippen LogP contribution >= 0.6 is 0 Å². The fourth-order valence-corrected chi connectivity index (χ4v) is 6.37. The Kier molecular flexibility index (Phi) is 8.57. The van der Waals surface area contributed by atoms with Crippen molar-refractivity contribution in [3.8, 4) is 0 Å². The molecule has 8 heteroatoms. The monoisotopic (exact) mass is 547 g/mol. The van der Waals surface area contributed by atoms with Crippen LogP contribution in [0.25, 0.3) is 0 Å². The van der Waals surface area contributed by atoms with E-state index in [-0.39, 0.29) is 25.1 Å². The number of aliphatic hydroxyl groups excluding tert-OH is 1. The summed E-state index contributed by atoms with van der Waals surface area (Å²) in [5.74, 6) is -2.10. The van der Waals surface area contributed by atoms with Gasteiger partial charge in [-0.15, -0.1) is 0 Å². The molecule has 0 spiro atoms. The SMILES string of the molecule is NC(=O)c1cccc(C2CC3CCC(C2)N3CCN(Cc2c(F)cccc2F)C(=O)[C@@H](O)Cc2ccccc2)c1. The third-order valence-corrected chi connectivity index (χ3v) is 8.43. The number of carbonyl (C=O) groups excluding carboxylic acids is 2. The van der Waals surface area contributed by atoms with Crippen molar-refractivity contribution in [1.82, 2.24) is 9.80 Å². The van der Waals surface area contributed by atoms with Gasteiger partial charge >= 0.3 is 0 Å². The number of halogens is 2. The van der Waals surface area contributed by atoms with Gasteiger partial charge in [-0.25, -0.2) is 8.78 Å². The van der Waals surface area contributed by atoms with Crippen LogP contribution in [0.2, 0.25) is 0 Å². The minimum absolute atomic E-state index is 0.122. The second kappa shape index (κ2) is 12.3. The molecule has 3 N–H and O–H groups in total. The molecule has 2 bridgehead atoms. The van der Waals surface area contributed by atoms with Crippen LogP contribution in [0.4, 0.5) is 8.78 Å². The summed E-state index contributed by atoms with van der Waals surface area (Å²) in [5, 5.41) is 10.8. The normalized spacial score (nSPS) is 21.2. The summed E-state index contributed by atoms with van der Waals surface area (Å²) in [7, 11) is 0. The Hall–Kier alpha value is -3.62. The number of carbonyl (C=O) groups is 2. The first-order valence-electron chi connectivity index (χ1n) is 13.9. The highest BCUT2D eigenvalue weighted by Gasteiger charge is 2.41. The van der Waals surface area contributed by atoms with Crippen LogP contribution < -0.4 is 5.73 Å². The molecule has 0 saturated carbocycles. The molecular formula is C32H35F2N3O3. The third-order valence-electron chi connectivity index (χ3n) is 8.43. The predicted molar refractivity (Wildman–Crippen MR) is 148 cm³/mol. The number of benzene rings is 3. The Balaban J connectivity index is 1.29. The van der Waals surface area contributed by atoms with Gasteiger partial charge in [-0.05, 0) is 67.0 Å². The van der Waals surface area contributed by atoms with Gasteiger partial charge < -0.3 is 15.7 Å². The molecule has 3 aromatic rings. The van der Waals surface area contributed by atoms with Gasteiger partial charge in [0.05, 0.1) is 6.54 Å². The maximum Gasteiger partial charge on any atom is 0.252 e. The number of fused-ring (bicyclic) bond motifs is 2. The van der Waals surface area contributed by atoms with E-state index < -0.39 is 29.6 Å². The lowest BCUT2D eigenvalue weighted by Crippen LogP contribution is -2.48. The van der Waals surface area contributed by atoms with Crippen molar-refractivity contribution in [3.63, 3.8) is 0 Å². The van der Waals surface area contributed by atoms with Gasteiger partial charge in [0.25, 0.3) is 5.91 Å². The van der Waals surface area contributed by atoms with E-state index in [4.69, 9.17) is 5.73 Å². The van der Waals surface area contributed by atoms with E-state index in [1.54, 1.807) is 6.07 Å². The molecule has 2 heterocycles. The predicted octanol–water partition coefficient (Wildman–Crippen LogP) is 4.41. The molecule has 0 aliphatic carbocycles. The van der Waals surface area contributed by atoms with E-state index >= 15 is 0 Å². The zero-order valence-corrected chi connectivity index (χ0v) is 22.4. The van der Waals surface area contributed by atoms with Crippen LogP contribution in [0.15, 0.2) is 72.8 Å². The molecule has 3 aromatic carbocycles. The molecule has 2 fully saturated rings. The highest BCUT2D eigenvalue weighted by molar-refractivity contribution is 5.92. The molecule has 0 aromatic heterocycles. The Bertz CT molecular complexity index is 1320. The highest BCUT2D eigenvalue weighted by Crippen LogP contribution is 2.43. The minimum Gasteiger partial charge on any atom is -0.383 e. The summed E-state index contributed by atoms with van der Waals surface area (Å²) in [4.78, 5) is 28.9. The Morgan fingerprint density at radius 3 is 2.25 bits per heavy atom. The molecule has 2 aliphatic heterocycles.